The number of hydrogen-bond donors (Lipinski definition) is 0. The molecule has 0 aliphatic carbocycles. The summed E-state index contributed by atoms with van der Waals surface area (Å²) in [6, 6.07) is 0. The topological polar surface area (TPSA) is 43.4 Å². The average molecular weight is 308 g/mol. The fourth-order valence-corrected chi connectivity index (χ4v) is 2.13. The van der Waals surface area contributed by atoms with Crippen LogP contribution in [0.15, 0.2) is 24.3 Å². The van der Waals surface area contributed by atoms with Crippen LogP contribution in [-0.4, -0.2) is 18.9 Å². The first kappa shape index (κ1) is 20.6. The number of methoxy groups -OCH3 is 1. The van der Waals surface area contributed by atoms with Gasteiger partial charge in [-0.05, 0) is 31.8 Å². The van der Waals surface area contributed by atoms with E-state index < -0.39 is 0 Å². The van der Waals surface area contributed by atoms with Crippen LogP contribution in [0.4, 0.5) is 0 Å². The molecule has 0 aromatic rings. The summed E-state index contributed by atoms with van der Waals surface area (Å²) < 4.78 is 4.59. The molecule has 0 spiro atoms. The highest BCUT2D eigenvalue weighted by atomic mass is 16.5. The minimum Gasteiger partial charge on any atom is -0.469 e. The van der Waals surface area contributed by atoms with Gasteiger partial charge in [0.25, 0.3) is 0 Å². The summed E-state index contributed by atoms with van der Waals surface area (Å²) in [6.07, 6.45) is 18.5. The van der Waals surface area contributed by atoms with E-state index in [9.17, 15) is 9.59 Å². The maximum atomic E-state index is 11.6. The van der Waals surface area contributed by atoms with Gasteiger partial charge in [-0.2, -0.15) is 0 Å². The third-order valence-corrected chi connectivity index (χ3v) is 3.54. The zero-order chi connectivity index (χ0) is 16.5. The standard InChI is InChI=1S/C19H32O3/c1-3-4-5-6-7-9-12-15-18(20)16-13-10-8-11-14-17-19(21)22-2/h7,9,12,15H,3-6,8,10-11,13-14,16-17H2,1-2H3. The molecular formula is C19H32O3. The van der Waals surface area contributed by atoms with E-state index in [1.54, 1.807) is 6.08 Å². The van der Waals surface area contributed by atoms with E-state index >= 15 is 0 Å². The lowest BCUT2D eigenvalue weighted by molar-refractivity contribution is -0.140. The number of rotatable bonds is 14. The number of carbonyl (C=O) groups excluding carboxylic acids is 2. The summed E-state index contributed by atoms with van der Waals surface area (Å²) in [5.74, 6) is 0.0656. The fourth-order valence-electron chi connectivity index (χ4n) is 2.13. The average Bonchev–Trinajstić information content (AvgIpc) is 2.52. The van der Waals surface area contributed by atoms with Crippen LogP contribution in [0.5, 0.6) is 0 Å². The number of allylic oxidation sites excluding steroid dienone is 4. The molecule has 0 bridgehead atoms. The highest BCUT2D eigenvalue weighted by Crippen LogP contribution is 2.08. The van der Waals surface area contributed by atoms with Crippen LogP contribution in [0.1, 0.15) is 77.6 Å². The Labute approximate surface area is 135 Å². The summed E-state index contributed by atoms with van der Waals surface area (Å²) in [6.45, 7) is 2.20. The summed E-state index contributed by atoms with van der Waals surface area (Å²) >= 11 is 0. The lowest BCUT2D eigenvalue weighted by Crippen LogP contribution is -1.99. The second kappa shape index (κ2) is 16.0. The Hall–Kier alpha value is -1.38. The zero-order valence-corrected chi connectivity index (χ0v) is 14.3. The predicted octanol–water partition coefficient (Wildman–Crippen LogP) is 5.15. The van der Waals surface area contributed by atoms with Gasteiger partial charge in [0.15, 0.2) is 5.78 Å². The first-order chi connectivity index (χ1) is 10.7. The maximum absolute atomic E-state index is 11.6. The number of ether oxygens (including phenoxy) is 1. The minimum absolute atomic E-state index is 0.136. The summed E-state index contributed by atoms with van der Waals surface area (Å²) in [5, 5.41) is 0. The molecule has 0 amide bonds. The van der Waals surface area contributed by atoms with Gasteiger partial charge < -0.3 is 4.74 Å². The van der Waals surface area contributed by atoms with Crippen molar-refractivity contribution >= 4 is 11.8 Å². The molecule has 0 aliphatic heterocycles. The molecule has 0 saturated carbocycles. The Balaban J connectivity index is 3.43. The van der Waals surface area contributed by atoms with E-state index in [0.717, 1.165) is 38.5 Å². The van der Waals surface area contributed by atoms with E-state index in [1.807, 2.05) is 12.2 Å². The van der Waals surface area contributed by atoms with Gasteiger partial charge in [-0.3, -0.25) is 9.59 Å². The van der Waals surface area contributed by atoms with Gasteiger partial charge in [-0.25, -0.2) is 0 Å². The van der Waals surface area contributed by atoms with Crippen molar-refractivity contribution < 1.29 is 14.3 Å². The number of unbranched alkanes of at least 4 members (excludes halogenated alkanes) is 7. The van der Waals surface area contributed by atoms with Gasteiger partial charge in [0.2, 0.25) is 0 Å². The zero-order valence-electron chi connectivity index (χ0n) is 14.3. The van der Waals surface area contributed by atoms with Crippen molar-refractivity contribution in [3.05, 3.63) is 24.3 Å². The molecule has 22 heavy (non-hydrogen) atoms. The Morgan fingerprint density at radius 2 is 1.55 bits per heavy atom. The third-order valence-electron chi connectivity index (χ3n) is 3.54. The molecule has 0 fully saturated rings. The van der Waals surface area contributed by atoms with Crippen molar-refractivity contribution in [3.63, 3.8) is 0 Å². The van der Waals surface area contributed by atoms with E-state index in [4.69, 9.17) is 0 Å². The first-order valence-corrected chi connectivity index (χ1v) is 8.63. The summed E-state index contributed by atoms with van der Waals surface area (Å²) in [4.78, 5) is 22.5. The van der Waals surface area contributed by atoms with Crippen molar-refractivity contribution in [1.82, 2.24) is 0 Å². The van der Waals surface area contributed by atoms with Crippen LogP contribution in [0, 0.1) is 0 Å². The van der Waals surface area contributed by atoms with Crippen molar-refractivity contribution in [2.24, 2.45) is 0 Å². The highest BCUT2D eigenvalue weighted by molar-refractivity contribution is 5.89. The van der Waals surface area contributed by atoms with Crippen molar-refractivity contribution in [2.75, 3.05) is 7.11 Å². The van der Waals surface area contributed by atoms with Crippen LogP contribution in [0.3, 0.4) is 0 Å². The van der Waals surface area contributed by atoms with Gasteiger partial charge in [0.05, 0.1) is 7.11 Å². The van der Waals surface area contributed by atoms with Crippen molar-refractivity contribution in [2.45, 2.75) is 77.6 Å². The van der Waals surface area contributed by atoms with Gasteiger partial charge in [-0.15, -0.1) is 0 Å². The van der Waals surface area contributed by atoms with Gasteiger partial charge in [-0.1, -0.05) is 57.3 Å². The van der Waals surface area contributed by atoms with Gasteiger partial charge in [0.1, 0.15) is 0 Å². The monoisotopic (exact) mass is 308 g/mol. The van der Waals surface area contributed by atoms with E-state index in [0.29, 0.717) is 12.8 Å². The molecule has 0 unspecified atom stereocenters. The molecule has 0 aromatic carbocycles. The molecule has 0 aliphatic rings. The van der Waals surface area contributed by atoms with Crippen LogP contribution in [-0.2, 0) is 14.3 Å². The molecule has 3 heteroatoms. The highest BCUT2D eigenvalue weighted by Gasteiger charge is 2.00. The van der Waals surface area contributed by atoms with Crippen molar-refractivity contribution in [1.29, 1.82) is 0 Å². The number of hydrogen-bond acceptors (Lipinski definition) is 3. The van der Waals surface area contributed by atoms with Crippen LogP contribution in [0.2, 0.25) is 0 Å². The summed E-state index contributed by atoms with van der Waals surface area (Å²) in [5.41, 5.74) is 0. The van der Waals surface area contributed by atoms with Crippen LogP contribution >= 0.6 is 0 Å². The smallest absolute Gasteiger partial charge is 0.305 e. The Morgan fingerprint density at radius 3 is 2.23 bits per heavy atom. The van der Waals surface area contributed by atoms with E-state index in [2.05, 4.69) is 17.7 Å². The molecular weight excluding hydrogens is 276 g/mol. The Morgan fingerprint density at radius 1 is 0.864 bits per heavy atom. The largest absolute Gasteiger partial charge is 0.469 e. The lowest BCUT2D eigenvalue weighted by Gasteiger charge is -2.00. The van der Waals surface area contributed by atoms with Gasteiger partial charge in [0, 0.05) is 12.8 Å². The molecule has 0 rings (SSSR count). The van der Waals surface area contributed by atoms with Crippen LogP contribution in [0.25, 0.3) is 0 Å². The molecule has 0 atom stereocenters. The SMILES string of the molecule is CCCCCC=CC=CC(=O)CCCCCCCC(=O)OC. The predicted molar refractivity (Wildman–Crippen MR) is 91.8 cm³/mol. The number of esters is 1. The normalized spacial score (nSPS) is 11.4. The minimum atomic E-state index is -0.136. The lowest BCUT2D eigenvalue weighted by atomic mass is 10.1. The first-order valence-electron chi connectivity index (χ1n) is 8.63. The third kappa shape index (κ3) is 15.0. The Bertz CT molecular complexity index is 343. The Kier molecular flexibility index (Phi) is 15.0. The molecule has 0 saturated heterocycles. The molecule has 0 N–H and O–H groups in total. The van der Waals surface area contributed by atoms with Gasteiger partial charge >= 0.3 is 5.97 Å². The van der Waals surface area contributed by atoms with Crippen molar-refractivity contribution in [3.8, 4) is 0 Å². The van der Waals surface area contributed by atoms with E-state index in [1.165, 1.54) is 26.4 Å². The molecule has 3 nitrogen and oxygen atoms in total. The van der Waals surface area contributed by atoms with E-state index in [-0.39, 0.29) is 11.8 Å². The molecule has 0 heterocycles. The number of carbonyl (C=O) groups is 2. The quantitative estimate of drug-likeness (QED) is 0.193. The summed E-state index contributed by atoms with van der Waals surface area (Å²) in [7, 11) is 1.42. The molecule has 0 radical (unpaired) electrons. The molecule has 0 aromatic heterocycles. The molecule has 126 valence electrons. The van der Waals surface area contributed by atoms with Crippen LogP contribution < -0.4 is 0 Å². The maximum Gasteiger partial charge on any atom is 0.305 e. The second-order valence-electron chi connectivity index (χ2n) is 5.59. The second-order valence-corrected chi connectivity index (χ2v) is 5.59. The fraction of sp³-hybridized carbons (Fsp3) is 0.684. The number of ketones is 1.